The molecule has 0 saturated carbocycles. The van der Waals surface area contributed by atoms with E-state index < -0.39 is 0 Å². The van der Waals surface area contributed by atoms with Crippen molar-refractivity contribution in [2.24, 2.45) is 0 Å². The first-order chi connectivity index (χ1) is 5.77. The van der Waals surface area contributed by atoms with E-state index in [-0.39, 0.29) is 18.2 Å². The van der Waals surface area contributed by atoms with E-state index in [0.29, 0.717) is 10.7 Å². The molecule has 1 aliphatic heterocycles. The van der Waals surface area contributed by atoms with Gasteiger partial charge in [0.2, 0.25) is 0 Å². The topological polar surface area (TPSA) is 12.0 Å². The van der Waals surface area contributed by atoms with Crippen LogP contribution in [0.5, 0.6) is 0 Å². The minimum Gasteiger partial charge on any atom is -0.382 e. The number of rotatable bonds is 0. The van der Waals surface area contributed by atoms with Gasteiger partial charge in [0.05, 0.1) is 5.69 Å². The smallest absolute Gasteiger partial charge is 0.148 e. The molecule has 0 spiro atoms. The van der Waals surface area contributed by atoms with Crippen LogP contribution in [-0.2, 0) is 6.42 Å². The second-order valence-electron chi connectivity index (χ2n) is 2.95. The van der Waals surface area contributed by atoms with Gasteiger partial charge in [-0.05, 0) is 30.5 Å². The van der Waals surface area contributed by atoms with Crippen molar-refractivity contribution >= 4 is 29.7 Å². The van der Waals surface area contributed by atoms with Crippen molar-refractivity contribution in [2.45, 2.75) is 12.8 Å². The predicted molar refractivity (Wildman–Crippen MR) is 55.5 cm³/mol. The third-order valence-corrected chi connectivity index (χ3v) is 2.28. The third-order valence-electron chi connectivity index (χ3n) is 2.06. The first-order valence-electron chi connectivity index (χ1n) is 3.99. The average molecular weight is 222 g/mol. The molecule has 2 rings (SSSR count). The maximum absolute atomic E-state index is 13.2. The second-order valence-corrected chi connectivity index (χ2v) is 3.39. The molecule has 0 unspecified atom stereocenters. The van der Waals surface area contributed by atoms with Crippen molar-refractivity contribution in [1.29, 1.82) is 0 Å². The third kappa shape index (κ3) is 2.06. The second kappa shape index (κ2) is 4.16. The molecule has 13 heavy (non-hydrogen) atoms. The molecule has 1 aromatic carbocycles. The Kier molecular flexibility index (Phi) is 3.40. The monoisotopic (exact) mass is 221 g/mol. The van der Waals surface area contributed by atoms with Crippen LogP contribution in [0.25, 0.3) is 0 Å². The molecule has 1 aromatic rings. The highest BCUT2D eigenvalue weighted by Crippen LogP contribution is 2.28. The van der Waals surface area contributed by atoms with Gasteiger partial charge in [0.25, 0.3) is 0 Å². The van der Waals surface area contributed by atoms with E-state index in [2.05, 4.69) is 5.32 Å². The van der Waals surface area contributed by atoms with E-state index >= 15 is 0 Å². The van der Waals surface area contributed by atoms with Gasteiger partial charge >= 0.3 is 0 Å². The van der Waals surface area contributed by atoms with Gasteiger partial charge in [-0.15, -0.1) is 12.4 Å². The lowest BCUT2D eigenvalue weighted by atomic mass is 10.0. The summed E-state index contributed by atoms with van der Waals surface area (Å²) in [6, 6.07) is 3.17. The fourth-order valence-corrected chi connectivity index (χ4v) is 1.74. The molecule has 0 bridgehead atoms. The summed E-state index contributed by atoms with van der Waals surface area (Å²) in [6.07, 6.45) is 1.96. The fourth-order valence-electron chi connectivity index (χ4n) is 1.51. The van der Waals surface area contributed by atoms with Crippen molar-refractivity contribution < 1.29 is 4.39 Å². The normalized spacial score (nSPS) is 14.0. The first kappa shape index (κ1) is 10.6. The summed E-state index contributed by atoms with van der Waals surface area (Å²) in [4.78, 5) is 0. The number of fused-ring (bicyclic) bond motifs is 1. The summed E-state index contributed by atoms with van der Waals surface area (Å²) in [7, 11) is 0. The Balaban J connectivity index is 0.000000845. The van der Waals surface area contributed by atoms with E-state index in [9.17, 15) is 4.39 Å². The van der Waals surface area contributed by atoms with E-state index in [1.54, 1.807) is 0 Å². The van der Waals surface area contributed by atoms with Gasteiger partial charge in [-0.2, -0.15) is 0 Å². The van der Waals surface area contributed by atoms with Gasteiger partial charge in [0.15, 0.2) is 0 Å². The molecule has 0 amide bonds. The molecule has 4 heteroatoms. The van der Waals surface area contributed by atoms with Crippen LogP contribution >= 0.6 is 24.0 Å². The van der Waals surface area contributed by atoms with Crippen LogP contribution in [0.4, 0.5) is 10.1 Å². The highest BCUT2D eigenvalue weighted by Gasteiger charge is 2.13. The summed E-state index contributed by atoms with van der Waals surface area (Å²) in [5.74, 6) is -0.239. The lowest BCUT2D eigenvalue weighted by molar-refractivity contribution is 0.623. The highest BCUT2D eigenvalue weighted by molar-refractivity contribution is 6.30. The summed E-state index contributed by atoms with van der Waals surface area (Å²) in [5.41, 5.74) is 1.62. The lowest BCUT2D eigenvalue weighted by Gasteiger charge is -2.18. The van der Waals surface area contributed by atoms with Crippen molar-refractivity contribution in [3.8, 4) is 0 Å². The van der Waals surface area contributed by atoms with Gasteiger partial charge in [0.1, 0.15) is 5.82 Å². The SMILES string of the molecule is Cl.Fc1cc(Cl)cc2c1NCCC2. The van der Waals surface area contributed by atoms with Crippen LogP contribution in [0.2, 0.25) is 5.02 Å². The van der Waals surface area contributed by atoms with Crippen molar-refractivity contribution in [1.82, 2.24) is 0 Å². The summed E-state index contributed by atoms with van der Waals surface area (Å²) >= 11 is 5.71. The zero-order valence-electron chi connectivity index (χ0n) is 6.94. The maximum Gasteiger partial charge on any atom is 0.148 e. The summed E-state index contributed by atoms with van der Waals surface area (Å²) < 4.78 is 13.2. The van der Waals surface area contributed by atoms with Crippen LogP contribution in [0, 0.1) is 5.82 Å². The molecule has 0 aliphatic carbocycles. The van der Waals surface area contributed by atoms with E-state index in [1.807, 2.05) is 6.07 Å². The number of aryl methyl sites for hydroxylation is 1. The molecule has 0 aromatic heterocycles. The number of hydrogen-bond acceptors (Lipinski definition) is 1. The molecule has 1 N–H and O–H groups in total. The average Bonchev–Trinajstić information content (AvgIpc) is 2.04. The quantitative estimate of drug-likeness (QED) is 0.710. The molecule has 1 aliphatic rings. The van der Waals surface area contributed by atoms with Crippen LogP contribution in [0.15, 0.2) is 12.1 Å². The molecule has 0 radical (unpaired) electrons. The zero-order valence-corrected chi connectivity index (χ0v) is 8.51. The number of nitrogens with one attached hydrogen (secondary N) is 1. The van der Waals surface area contributed by atoms with Gasteiger partial charge in [-0.3, -0.25) is 0 Å². The largest absolute Gasteiger partial charge is 0.382 e. The summed E-state index contributed by atoms with van der Waals surface area (Å²) in [5, 5.41) is 3.51. The van der Waals surface area contributed by atoms with Gasteiger partial charge < -0.3 is 5.32 Å². The molecule has 1 heterocycles. The van der Waals surface area contributed by atoms with Crippen LogP contribution in [-0.4, -0.2) is 6.54 Å². The number of anilines is 1. The Hall–Kier alpha value is -0.470. The van der Waals surface area contributed by atoms with Crippen LogP contribution < -0.4 is 5.32 Å². The van der Waals surface area contributed by atoms with Crippen molar-refractivity contribution in [3.05, 3.63) is 28.5 Å². The zero-order chi connectivity index (χ0) is 8.55. The Morgan fingerprint density at radius 3 is 2.92 bits per heavy atom. The number of benzene rings is 1. The summed E-state index contributed by atoms with van der Waals surface area (Å²) in [6.45, 7) is 0.853. The minimum atomic E-state index is -0.239. The molecule has 1 nitrogen and oxygen atoms in total. The minimum absolute atomic E-state index is 0. The molecule has 0 saturated heterocycles. The van der Waals surface area contributed by atoms with Gasteiger partial charge in [-0.25, -0.2) is 4.39 Å². The maximum atomic E-state index is 13.2. The number of hydrogen-bond donors (Lipinski definition) is 1. The highest BCUT2D eigenvalue weighted by atomic mass is 35.5. The molecular formula is C9H10Cl2FN. The van der Waals surface area contributed by atoms with E-state index in [4.69, 9.17) is 11.6 Å². The molecular weight excluding hydrogens is 212 g/mol. The standard InChI is InChI=1S/C9H9ClFN.ClH/c10-7-4-6-2-1-3-12-9(6)8(11)5-7;/h4-5,12H,1-3H2;1H. The van der Waals surface area contributed by atoms with Gasteiger partial charge in [-0.1, -0.05) is 11.6 Å². The van der Waals surface area contributed by atoms with Crippen molar-refractivity contribution in [2.75, 3.05) is 11.9 Å². The van der Waals surface area contributed by atoms with E-state index in [1.165, 1.54) is 6.07 Å². The van der Waals surface area contributed by atoms with Crippen molar-refractivity contribution in [3.63, 3.8) is 0 Å². The Morgan fingerprint density at radius 2 is 2.15 bits per heavy atom. The Bertz CT molecular complexity index is 315. The van der Waals surface area contributed by atoms with Gasteiger partial charge in [0, 0.05) is 11.6 Å². The molecule has 0 fully saturated rings. The van der Waals surface area contributed by atoms with E-state index in [0.717, 1.165) is 24.9 Å². The predicted octanol–water partition coefficient (Wildman–Crippen LogP) is 3.26. The Labute approximate surface area is 87.7 Å². The molecule has 0 atom stereocenters. The molecule has 72 valence electrons. The first-order valence-corrected chi connectivity index (χ1v) is 4.37. The Morgan fingerprint density at radius 1 is 1.38 bits per heavy atom. The fraction of sp³-hybridized carbons (Fsp3) is 0.333. The van der Waals surface area contributed by atoms with Crippen LogP contribution in [0.3, 0.4) is 0 Å². The van der Waals surface area contributed by atoms with Crippen LogP contribution in [0.1, 0.15) is 12.0 Å². The number of halogens is 3. The lowest BCUT2D eigenvalue weighted by Crippen LogP contribution is -2.13.